The lowest BCUT2D eigenvalue weighted by Gasteiger charge is -2.39. The van der Waals surface area contributed by atoms with Crippen LogP contribution in [0.3, 0.4) is 0 Å². The van der Waals surface area contributed by atoms with Crippen molar-refractivity contribution in [2.75, 3.05) is 26.8 Å². The summed E-state index contributed by atoms with van der Waals surface area (Å²) in [6, 6.07) is 0. The van der Waals surface area contributed by atoms with Gasteiger partial charge >= 0.3 is 0 Å². The zero-order valence-electron chi connectivity index (χ0n) is 12.4. The van der Waals surface area contributed by atoms with Crippen LogP contribution in [0.1, 0.15) is 45.4 Å². The van der Waals surface area contributed by atoms with E-state index in [2.05, 4.69) is 0 Å². The first kappa shape index (κ1) is 14.8. The average molecular weight is 268 g/mol. The van der Waals surface area contributed by atoms with Crippen LogP contribution in [-0.2, 0) is 9.53 Å². The lowest BCUT2D eigenvalue weighted by atomic mass is 9.74. The van der Waals surface area contributed by atoms with E-state index in [0.717, 1.165) is 38.2 Å². The smallest absolute Gasteiger partial charge is 0.227 e. The van der Waals surface area contributed by atoms with Crippen LogP contribution in [0.2, 0.25) is 0 Å². The molecule has 0 bridgehead atoms. The molecule has 4 nitrogen and oxygen atoms in total. The number of nitrogens with two attached hydrogens (primary N) is 1. The maximum Gasteiger partial charge on any atom is 0.227 e. The SMILES string of the molecule is CN(CCOCC1CC1)C(=O)C1CCCCC1(C)N. The van der Waals surface area contributed by atoms with Crippen LogP contribution in [0.4, 0.5) is 0 Å². The molecule has 0 aromatic carbocycles. The van der Waals surface area contributed by atoms with Crippen molar-refractivity contribution in [1.29, 1.82) is 0 Å². The normalized spacial score (nSPS) is 31.2. The molecule has 1 amide bonds. The number of carbonyl (C=O) groups excluding carboxylic acids is 1. The van der Waals surface area contributed by atoms with Crippen molar-refractivity contribution in [1.82, 2.24) is 4.90 Å². The maximum absolute atomic E-state index is 12.4. The van der Waals surface area contributed by atoms with E-state index in [-0.39, 0.29) is 17.4 Å². The second-order valence-electron chi connectivity index (χ2n) is 6.58. The molecule has 2 unspecified atom stereocenters. The first-order chi connectivity index (χ1) is 9.00. The van der Waals surface area contributed by atoms with Gasteiger partial charge in [-0.3, -0.25) is 4.79 Å². The Morgan fingerprint density at radius 3 is 2.74 bits per heavy atom. The first-order valence-corrected chi connectivity index (χ1v) is 7.62. The number of carbonyl (C=O) groups is 1. The number of hydrogen-bond acceptors (Lipinski definition) is 3. The molecule has 0 saturated heterocycles. The molecule has 4 heteroatoms. The van der Waals surface area contributed by atoms with E-state index in [9.17, 15) is 4.79 Å². The van der Waals surface area contributed by atoms with E-state index in [4.69, 9.17) is 10.5 Å². The number of likely N-dealkylation sites (N-methyl/N-ethyl adjacent to an activating group) is 1. The Labute approximate surface area is 116 Å². The molecular formula is C15H28N2O2. The summed E-state index contributed by atoms with van der Waals surface area (Å²) in [5.74, 6) is 0.959. The van der Waals surface area contributed by atoms with Gasteiger partial charge in [0.1, 0.15) is 0 Å². The van der Waals surface area contributed by atoms with Crippen LogP contribution in [0, 0.1) is 11.8 Å². The zero-order valence-corrected chi connectivity index (χ0v) is 12.4. The van der Waals surface area contributed by atoms with Crippen LogP contribution in [-0.4, -0.2) is 43.2 Å². The van der Waals surface area contributed by atoms with Gasteiger partial charge in [0.05, 0.1) is 12.5 Å². The highest BCUT2D eigenvalue weighted by molar-refractivity contribution is 5.80. The second kappa shape index (κ2) is 6.23. The van der Waals surface area contributed by atoms with Crippen molar-refractivity contribution in [3.05, 3.63) is 0 Å². The van der Waals surface area contributed by atoms with E-state index < -0.39 is 0 Å². The number of amides is 1. The molecule has 19 heavy (non-hydrogen) atoms. The summed E-state index contributed by atoms with van der Waals surface area (Å²) >= 11 is 0. The third-order valence-electron chi connectivity index (χ3n) is 4.55. The third-order valence-corrected chi connectivity index (χ3v) is 4.55. The Balaban J connectivity index is 1.73. The molecular weight excluding hydrogens is 240 g/mol. The molecule has 0 spiro atoms. The lowest BCUT2D eigenvalue weighted by Crippen LogP contribution is -2.53. The van der Waals surface area contributed by atoms with Crippen molar-refractivity contribution >= 4 is 5.91 Å². The molecule has 2 fully saturated rings. The molecule has 2 aliphatic rings. The van der Waals surface area contributed by atoms with E-state index in [1.165, 1.54) is 12.8 Å². The van der Waals surface area contributed by atoms with E-state index >= 15 is 0 Å². The highest BCUT2D eigenvalue weighted by Gasteiger charge is 2.38. The molecule has 2 rings (SSSR count). The van der Waals surface area contributed by atoms with Crippen LogP contribution in [0.15, 0.2) is 0 Å². The maximum atomic E-state index is 12.4. The minimum Gasteiger partial charge on any atom is -0.379 e. The van der Waals surface area contributed by atoms with Crippen LogP contribution in [0.5, 0.6) is 0 Å². The standard InChI is InChI=1S/C15H28N2O2/c1-15(16)8-4-3-5-13(15)14(18)17(2)9-10-19-11-12-6-7-12/h12-13H,3-11,16H2,1-2H3. The summed E-state index contributed by atoms with van der Waals surface area (Å²) in [6.45, 7) is 4.21. The topological polar surface area (TPSA) is 55.6 Å². The molecule has 2 saturated carbocycles. The molecule has 2 N–H and O–H groups in total. The Kier molecular flexibility index (Phi) is 4.85. The summed E-state index contributed by atoms with van der Waals surface area (Å²) in [5, 5.41) is 0. The van der Waals surface area contributed by atoms with Gasteiger partial charge in [0.15, 0.2) is 0 Å². The zero-order chi connectivity index (χ0) is 13.9. The monoisotopic (exact) mass is 268 g/mol. The lowest BCUT2D eigenvalue weighted by molar-refractivity contribution is -0.138. The summed E-state index contributed by atoms with van der Waals surface area (Å²) in [4.78, 5) is 14.2. The summed E-state index contributed by atoms with van der Waals surface area (Å²) in [7, 11) is 1.87. The summed E-state index contributed by atoms with van der Waals surface area (Å²) in [6.07, 6.45) is 6.76. The van der Waals surface area contributed by atoms with Gasteiger partial charge in [0, 0.05) is 25.7 Å². The molecule has 0 aliphatic heterocycles. The predicted octanol–water partition coefficient (Wildman–Crippen LogP) is 1.78. The van der Waals surface area contributed by atoms with Crippen LogP contribution >= 0.6 is 0 Å². The minimum absolute atomic E-state index is 0.0188. The molecule has 0 heterocycles. The van der Waals surface area contributed by atoms with Crippen LogP contribution in [0.25, 0.3) is 0 Å². The molecule has 110 valence electrons. The van der Waals surface area contributed by atoms with Crippen LogP contribution < -0.4 is 5.73 Å². The average Bonchev–Trinajstić information content (AvgIpc) is 3.17. The van der Waals surface area contributed by atoms with Gasteiger partial charge in [0.2, 0.25) is 5.91 Å². The van der Waals surface area contributed by atoms with Gasteiger partial charge in [-0.05, 0) is 38.5 Å². The fourth-order valence-electron chi connectivity index (χ4n) is 2.88. The Morgan fingerprint density at radius 2 is 2.11 bits per heavy atom. The van der Waals surface area contributed by atoms with E-state index in [1.807, 2.05) is 14.0 Å². The van der Waals surface area contributed by atoms with Crippen molar-refractivity contribution in [3.63, 3.8) is 0 Å². The highest BCUT2D eigenvalue weighted by Crippen LogP contribution is 2.32. The Morgan fingerprint density at radius 1 is 1.37 bits per heavy atom. The molecule has 0 radical (unpaired) electrons. The van der Waals surface area contributed by atoms with Gasteiger partial charge in [0.25, 0.3) is 0 Å². The fourth-order valence-corrected chi connectivity index (χ4v) is 2.88. The Bertz CT molecular complexity index is 313. The van der Waals surface area contributed by atoms with Gasteiger partial charge in [-0.1, -0.05) is 12.8 Å². The highest BCUT2D eigenvalue weighted by atomic mass is 16.5. The van der Waals surface area contributed by atoms with Crippen molar-refractivity contribution in [2.24, 2.45) is 17.6 Å². The second-order valence-corrected chi connectivity index (χ2v) is 6.58. The largest absolute Gasteiger partial charge is 0.379 e. The number of hydrogen-bond donors (Lipinski definition) is 1. The van der Waals surface area contributed by atoms with Gasteiger partial charge in [-0.25, -0.2) is 0 Å². The number of nitrogens with zero attached hydrogens (tertiary/aromatic N) is 1. The summed E-state index contributed by atoms with van der Waals surface area (Å²) in [5.41, 5.74) is 5.95. The fraction of sp³-hybridized carbons (Fsp3) is 0.933. The molecule has 0 aromatic heterocycles. The van der Waals surface area contributed by atoms with Gasteiger partial charge in [-0.15, -0.1) is 0 Å². The summed E-state index contributed by atoms with van der Waals surface area (Å²) < 4.78 is 5.59. The van der Waals surface area contributed by atoms with E-state index in [0.29, 0.717) is 13.2 Å². The number of ether oxygens (including phenoxy) is 1. The molecule has 2 atom stereocenters. The first-order valence-electron chi connectivity index (χ1n) is 7.62. The van der Waals surface area contributed by atoms with Crippen molar-refractivity contribution < 1.29 is 9.53 Å². The molecule has 2 aliphatic carbocycles. The van der Waals surface area contributed by atoms with Crippen molar-refractivity contribution in [3.8, 4) is 0 Å². The van der Waals surface area contributed by atoms with E-state index in [1.54, 1.807) is 4.90 Å². The van der Waals surface area contributed by atoms with Gasteiger partial charge < -0.3 is 15.4 Å². The third kappa shape index (κ3) is 4.18. The Hall–Kier alpha value is -0.610. The van der Waals surface area contributed by atoms with Crippen molar-refractivity contribution in [2.45, 2.75) is 51.0 Å². The quantitative estimate of drug-likeness (QED) is 0.747. The molecule has 0 aromatic rings. The minimum atomic E-state index is -0.335. The van der Waals surface area contributed by atoms with Gasteiger partial charge in [-0.2, -0.15) is 0 Å². The number of rotatable bonds is 6. The predicted molar refractivity (Wildman–Crippen MR) is 75.7 cm³/mol.